The van der Waals surface area contributed by atoms with Crippen LogP contribution < -0.4 is 0 Å². The van der Waals surface area contributed by atoms with Gasteiger partial charge in [0.1, 0.15) is 29.8 Å². The highest BCUT2D eigenvalue weighted by molar-refractivity contribution is 8.14. The Labute approximate surface area is 116 Å². The highest BCUT2D eigenvalue weighted by Gasteiger charge is 2.50. The number of rotatable bonds is 3. The van der Waals surface area contributed by atoms with Gasteiger partial charge in [-0.1, -0.05) is 17.8 Å². The van der Waals surface area contributed by atoms with Crippen LogP contribution in [0.4, 0.5) is 0 Å². The fourth-order valence-electron chi connectivity index (χ4n) is 2.21. The lowest BCUT2D eigenvalue weighted by Crippen LogP contribution is -2.58. The number of aliphatic hydroxyl groups excluding tert-OH is 3. The summed E-state index contributed by atoms with van der Waals surface area (Å²) in [6, 6.07) is -0.496. The molecule has 0 aromatic rings. The van der Waals surface area contributed by atoms with E-state index in [0.29, 0.717) is 6.42 Å². The van der Waals surface area contributed by atoms with E-state index in [4.69, 9.17) is 4.74 Å². The fourth-order valence-corrected chi connectivity index (χ4v) is 3.36. The molecular weight excluding hydrogens is 268 g/mol. The van der Waals surface area contributed by atoms with Crippen molar-refractivity contribution in [1.29, 1.82) is 0 Å². The van der Waals surface area contributed by atoms with Crippen LogP contribution in [-0.4, -0.2) is 75.4 Å². The first-order valence-corrected chi connectivity index (χ1v) is 7.06. The van der Waals surface area contributed by atoms with E-state index in [9.17, 15) is 15.3 Å². The maximum absolute atomic E-state index is 10.1. The van der Waals surface area contributed by atoms with Gasteiger partial charge in [-0.15, -0.1) is 6.58 Å². The molecule has 2 heterocycles. The first kappa shape index (κ1) is 14.8. The molecule has 6 nitrogen and oxygen atoms in total. The van der Waals surface area contributed by atoms with Crippen LogP contribution in [0.25, 0.3) is 0 Å². The Kier molecular flexibility index (Phi) is 4.52. The average molecular weight is 288 g/mol. The van der Waals surface area contributed by atoms with E-state index in [0.717, 1.165) is 5.17 Å². The molecule has 2 aliphatic rings. The Bertz CT molecular complexity index is 377. The predicted octanol–water partition coefficient (Wildman–Crippen LogP) is -0.597. The zero-order valence-electron chi connectivity index (χ0n) is 11.0. The van der Waals surface area contributed by atoms with Crippen molar-refractivity contribution in [2.45, 2.75) is 42.3 Å². The molecule has 0 unspecified atom stereocenters. The van der Waals surface area contributed by atoms with Gasteiger partial charge in [-0.05, 0) is 6.42 Å². The van der Waals surface area contributed by atoms with Gasteiger partial charge in [-0.25, -0.2) is 0 Å². The summed E-state index contributed by atoms with van der Waals surface area (Å²) in [6.45, 7) is 3.55. The quantitative estimate of drug-likeness (QED) is 0.602. The highest BCUT2D eigenvalue weighted by Crippen LogP contribution is 2.37. The summed E-state index contributed by atoms with van der Waals surface area (Å²) in [6.07, 6.45) is -2.03. The molecule has 0 aliphatic carbocycles. The SMILES string of the molecule is C=CC[C@@H](O)[C@H]1O[C@@H]2SC(N(C)C)=N[C@@H]2[C@@H](O)[C@@H]1O. The molecule has 0 bridgehead atoms. The van der Waals surface area contributed by atoms with Gasteiger partial charge >= 0.3 is 0 Å². The average Bonchev–Trinajstić information content (AvgIpc) is 2.78. The maximum atomic E-state index is 10.1. The Balaban J connectivity index is 2.12. The maximum Gasteiger partial charge on any atom is 0.161 e. The minimum atomic E-state index is -1.15. The third-order valence-electron chi connectivity index (χ3n) is 3.26. The number of amidine groups is 1. The topological polar surface area (TPSA) is 85.5 Å². The van der Waals surface area contributed by atoms with E-state index in [1.165, 1.54) is 11.8 Å². The molecular formula is C12H20N2O4S. The zero-order chi connectivity index (χ0) is 14.2. The standard InChI is InChI=1S/C12H20N2O4S/c1-4-5-6(15)10-9(17)8(16)7-11(18-10)19-12(13-7)14(2)3/h4,6-11,15-17H,1,5H2,2-3H3/t6-,7-,8-,9+,10-,11-/m1/s1. The zero-order valence-corrected chi connectivity index (χ0v) is 11.8. The van der Waals surface area contributed by atoms with Gasteiger partial charge in [0, 0.05) is 14.1 Å². The van der Waals surface area contributed by atoms with E-state index in [1.54, 1.807) is 6.08 Å². The Morgan fingerprint density at radius 1 is 1.47 bits per heavy atom. The first-order valence-electron chi connectivity index (χ1n) is 6.18. The van der Waals surface area contributed by atoms with Crippen molar-refractivity contribution >= 4 is 16.9 Å². The highest BCUT2D eigenvalue weighted by atomic mass is 32.2. The van der Waals surface area contributed by atoms with Gasteiger partial charge in [-0.2, -0.15) is 0 Å². The van der Waals surface area contributed by atoms with E-state index >= 15 is 0 Å². The molecule has 108 valence electrons. The van der Waals surface area contributed by atoms with Gasteiger partial charge in [0.25, 0.3) is 0 Å². The number of ether oxygens (including phenoxy) is 1. The van der Waals surface area contributed by atoms with Crippen molar-refractivity contribution in [2.75, 3.05) is 14.1 Å². The summed E-state index contributed by atoms with van der Waals surface area (Å²) in [5.74, 6) is 0. The van der Waals surface area contributed by atoms with Gasteiger partial charge < -0.3 is 25.0 Å². The number of nitrogens with zero attached hydrogens (tertiary/aromatic N) is 2. The number of hydrogen-bond acceptors (Lipinski definition) is 7. The second-order valence-corrected chi connectivity index (χ2v) is 6.02. The van der Waals surface area contributed by atoms with Crippen molar-refractivity contribution in [3.8, 4) is 0 Å². The third-order valence-corrected chi connectivity index (χ3v) is 4.56. The molecule has 2 rings (SSSR count). The number of hydrogen-bond donors (Lipinski definition) is 3. The largest absolute Gasteiger partial charge is 0.390 e. The van der Waals surface area contributed by atoms with Crippen molar-refractivity contribution in [3.05, 3.63) is 12.7 Å². The molecule has 0 aromatic carbocycles. The molecule has 1 fully saturated rings. The molecule has 1 saturated heterocycles. The number of thioether (sulfide) groups is 1. The van der Waals surface area contributed by atoms with Crippen LogP contribution in [0.15, 0.2) is 17.6 Å². The number of fused-ring (bicyclic) bond motifs is 1. The molecule has 0 saturated carbocycles. The van der Waals surface area contributed by atoms with Crippen LogP contribution in [0.1, 0.15) is 6.42 Å². The summed E-state index contributed by atoms with van der Waals surface area (Å²) in [7, 11) is 3.71. The van der Waals surface area contributed by atoms with Gasteiger partial charge in [0.05, 0.1) is 6.10 Å². The van der Waals surface area contributed by atoms with Crippen LogP contribution in [0.5, 0.6) is 0 Å². The lowest BCUT2D eigenvalue weighted by atomic mass is 9.94. The molecule has 6 atom stereocenters. The Morgan fingerprint density at radius 2 is 2.16 bits per heavy atom. The molecule has 2 aliphatic heterocycles. The summed E-state index contributed by atoms with van der Waals surface area (Å²) in [5.41, 5.74) is -0.375. The smallest absolute Gasteiger partial charge is 0.161 e. The predicted molar refractivity (Wildman–Crippen MR) is 74.0 cm³/mol. The van der Waals surface area contributed by atoms with Crippen molar-refractivity contribution < 1.29 is 20.1 Å². The number of aliphatic hydroxyl groups is 3. The van der Waals surface area contributed by atoms with Crippen LogP contribution in [0, 0.1) is 0 Å². The second kappa shape index (κ2) is 5.80. The van der Waals surface area contributed by atoms with Crippen LogP contribution in [0.2, 0.25) is 0 Å². The van der Waals surface area contributed by atoms with E-state index in [-0.39, 0.29) is 5.44 Å². The molecule has 19 heavy (non-hydrogen) atoms. The summed E-state index contributed by atoms with van der Waals surface area (Å²) >= 11 is 1.39. The minimum Gasteiger partial charge on any atom is -0.390 e. The van der Waals surface area contributed by atoms with Crippen molar-refractivity contribution in [2.24, 2.45) is 4.99 Å². The summed E-state index contributed by atoms with van der Waals surface area (Å²) in [4.78, 5) is 6.18. The molecule has 0 amide bonds. The van der Waals surface area contributed by atoms with E-state index < -0.39 is 30.5 Å². The van der Waals surface area contributed by atoms with Crippen LogP contribution in [-0.2, 0) is 4.74 Å². The third kappa shape index (κ3) is 2.80. The summed E-state index contributed by atoms with van der Waals surface area (Å²) in [5, 5.41) is 30.9. The van der Waals surface area contributed by atoms with Crippen molar-refractivity contribution in [1.82, 2.24) is 4.90 Å². The first-order chi connectivity index (χ1) is 8.95. The second-order valence-electron chi connectivity index (χ2n) is 4.96. The van der Waals surface area contributed by atoms with Gasteiger partial charge in [0.2, 0.25) is 0 Å². The minimum absolute atomic E-state index is 0.303. The van der Waals surface area contributed by atoms with Gasteiger partial charge in [-0.3, -0.25) is 4.99 Å². The monoisotopic (exact) mass is 288 g/mol. The lowest BCUT2D eigenvalue weighted by molar-refractivity contribution is -0.184. The molecule has 0 radical (unpaired) electrons. The summed E-state index contributed by atoms with van der Waals surface area (Å²) < 4.78 is 5.70. The molecule has 0 spiro atoms. The van der Waals surface area contributed by atoms with E-state index in [1.807, 2.05) is 19.0 Å². The van der Waals surface area contributed by atoms with E-state index in [2.05, 4.69) is 11.6 Å². The Morgan fingerprint density at radius 3 is 2.74 bits per heavy atom. The van der Waals surface area contributed by atoms with Crippen LogP contribution in [0.3, 0.4) is 0 Å². The Hall–Kier alpha value is -0.600. The molecule has 0 aromatic heterocycles. The lowest BCUT2D eigenvalue weighted by Gasteiger charge is -2.40. The normalized spacial score (nSPS) is 39.4. The van der Waals surface area contributed by atoms with Crippen LogP contribution >= 0.6 is 11.8 Å². The van der Waals surface area contributed by atoms with Crippen molar-refractivity contribution in [3.63, 3.8) is 0 Å². The molecule has 7 heteroatoms. The van der Waals surface area contributed by atoms with Gasteiger partial charge in [0.15, 0.2) is 5.17 Å². The molecule has 3 N–H and O–H groups in total. The number of aliphatic imine (C=N–C) groups is 1. The fraction of sp³-hybridized carbons (Fsp3) is 0.750.